The number of ether oxygens (including phenoxy) is 1. The molecule has 2 aromatic heterocycles. The van der Waals surface area contributed by atoms with E-state index in [4.69, 9.17) is 0 Å². The third-order valence-corrected chi connectivity index (χ3v) is 5.44. The van der Waals surface area contributed by atoms with Crippen LogP contribution in [0.4, 0.5) is 0 Å². The van der Waals surface area contributed by atoms with Gasteiger partial charge >= 0.3 is 5.97 Å². The van der Waals surface area contributed by atoms with Crippen molar-refractivity contribution in [2.24, 2.45) is 0 Å². The molecule has 0 fully saturated rings. The van der Waals surface area contributed by atoms with E-state index in [2.05, 4.69) is 9.72 Å². The predicted octanol–water partition coefficient (Wildman–Crippen LogP) is 2.60. The van der Waals surface area contributed by atoms with E-state index in [0.29, 0.717) is 19.4 Å². The van der Waals surface area contributed by atoms with Gasteiger partial charge in [0.25, 0.3) is 5.56 Å². The molecule has 5 nitrogen and oxygen atoms in total. The maximum atomic E-state index is 12.8. The maximum Gasteiger partial charge on any atom is 0.305 e. The molecule has 118 valence electrons. The van der Waals surface area contributed by atoms with E-state index in [1.54, 1.807) is 15.9 Å². The summed E-state index contributed by atoms with van der Waals surface area (Å²) in [4.78, 5) is 30.9. The molecule has 0 aliphatic heterocycles. The van der Waals surface area contributed by atoms with Crippen LogP contribution in [0.3, 0.4) is 0 Å². The monoisotopic (exact) mass is 320 g/mol. The van der Waals surface area contributed by atoms with Crippen molar-refractivity contribution in [1.29, 1.82) is 0 Å². The largest absolute Gasteiger partial charge is 0.469 e. The lowest BCUT2D eigenvalue weighted by Crippen LogP contribution is -2.24. The Kier molecular flexibility index (Phi) is 4.29. The number of aromatic nitrogens is 2. The minimum absolute atomic E-state index is 0.0479. The number of carbonyl (C=O) groups excluding carboxylic acids is 1. The number of methoxy groups -OCH3 is 1. The number of thiophene rings is 1. The van der Waals surface area contributed by atoms with Gasteiger partial charge in [0.2, 0.25) is 0 Å². The highest BCUT2D eigenvalue weighted by Crippen LogP contribution is 2.33. The summed E-state index contributed by atoms with van der Waals surface area (Å²) in [5, 5.41) is 0.809. The molecule has 0 bridgehead atoms. The van der Waals surface area contributed by atoms with Crippen LogP contribution in [0.15, 0.2) is 4.79 Å². The first-order valence-electron chi connectivity index (χ1n) is 7.70. The van der Waals surface area contributed by atoms with Crippen molar-refractivity contribution in [3.05, 3.63) is 26.6 Å². The van der Waals surface area contributed by atoms with Gasteiger partial charge in [-0.25, -0.2) is 4.98 Å². The smallest absolute Gasteiger partial charge is 0.305 e. The van der Waals surface area contributed by atoms with Crippen LogP contribution in [0.1, 0.15) is 41.9 Å². The van der Waals surface area contributed by atoms with Gasteiger partial charge in [-0.05, 0) is 44.6 Å². The second-order valence-electron chi connectivity index (χ2n) is 5.69. The zero-order valence-electron chi connectivity index (χ0n) is 13.0. The zero-order valence-corrected chi connectivity index (χ0v) is 13.8. The highest BCUT2D eigenvalue weighted by molar-refractivity contribution is 7.18. The first kappa shape index (κ1) is 15.2. The molecule has 6 heteroatoms. The molecular formula is C16H20N2O3S. The quantitative estimate of drug-likeness (QED) is 0.813. The van der Waals surface area contributed by atoms with Crippen LogP contribution in [0.25, 0.3) is 10.2 Å². The van der Waals surface area contributed by atoms with Crippen LogP contribution in [0, 0.1) is 6.92 Å². The van der Waals surface area contributed by atoms with Crippen LogP contribution >= 0.6 is 11.3 Å². The number of aryl methyl sites for hydroxylation is 3. The Morgan fingerprint density at radius 2 is 2.14 bits per heavy atom. The number of fused-ring (bicyclic) bond motifs is 3. The number of hydrogen-bond acceptors (Lipinski definition) is 5. The van der Waals surface area contributed by atoms with Crippen molar-refractivity contribution in [1.82, 2.24) is 9.55 Å². The standard InChI is InChI=1S/C16H20N2O3S/c1-10-17-15-14(11-6-3-4-7-12(11)22-15)16(20)18(10)9-5-8-13(19)21-2/h3-9H2,1-2H3. The molecule has 0 unspecified atom stereocenters. The average Bonchev–Trinajstić information content (AvgIpc) is 2.88. The van der Waals surface area contributed by atoms with Crippen molar-refractivity contribution >= 4 is 27.5 Å². The molecule has 0 saturated heterocycles. The molecule has 22 heavy (non-hydrogen) atoms. The second kappa shape index (κ2) is 6.20. The van der Waals surface area contributed by atoms with Crippen LogP contribution in [-0.4, -0.2) is 22.6 Å². The van der Waals surface area contributed by atoms with Crippen molar-refractivity contribution in [3.8, 4) is 0 Å². The molecule has 1 aliphatic rings. The van der Waals surface area contributed by atoms with Crippen LogP contribution in [0.2, 0.25) is 0 Å². The molecule has 2 heterocycles. The van der Waals surface area contributed by atoms with Crippen molar-refractivity contribution in [3.63, 3.8) is 0 Å². The van der Waals surface area contributed by atoms with Gasteiger partial charge in [-0.15, -0.1) is 11.3 Å². The lowest BCUT2D eigenvalue weighted by atomic mass is 9.97. The summed E-state index contributed by atoms with van der Waals surface area (Å²) in [6.45, 7) is 2.37. The highest BCUT2D eigenvalue weighted by Gasteiger charge is 2.21. The fourth-order valence-electron chi connectivity index (χ4n) is 3.09. The summed E-state index contributed by atoms with van der Waals surface area (Å²) >= 11 is 1.67. The number of nitrogens with zero attached hydrogens (tertiary/aromatic N) is 2. The SMILES string of the molecule is COC(=O)CCCn1c(C)nc2sc3c(c2c1=O)CCCC3. The Bertz CT molecular complexity index is 776. The minimum Gasteiger partial charge on any atom is -0.469 e. The van der Waals surface area contributed by atoms with E-state index < -0.39 is 0 Å². The molecule has 0 aromatic carbocycles. The van der Waals surface area contributed by atoms with Crippen LogP contribution in [0.5, 0.6) is 0 Å². The molecule has 2 aromatic rings. The topological polar surface area (TPSA) is 61.2 Å². The Morgan fingerprint density at radius 3 is 2.91 bits per heavy atom. The number of carbonyl (C=O) groups is 1. The number of hydrogen-bond donors (Lipinski definition) is 0. The van der Waals surface area contributed by atoms with Gasteiger partial charge in [-0.3, -0.25) is 14.2 Å². The molecule has 0 N–H and O–H groups in total. The Hall–Kier alpha value is -1.69. The number of rotatable bonds is 4. The lowest BCUT2D eigenvalue weighted by Gasteiger charge is -2.11. The second-order valence-corrected chi connectivity index (χ2v) is 6.77. The van der Waals surface area contributed by atoms with Crippen LogP contribution in [-0.2, 0) is 28.9 Å². The molecule has 0 atom stereocenters. The molecule has 0 saturated carbocycles. The third-order valence-electron chi connectivity index (χ3n) is 4.26. The van der Waals surface area contributed by atoms with E-state index in [1.807, 2.05) is 6.92 Å². The van der Waals surface area contributed by atoms with Gasteiger partial charge < -0.3 is 4.74 Å². The van der Waals surface area contributed by atoms with E-state index in [9.17, 15) is 9.59 Å². The normalized spacial score (nSPS) is 14.1. The minimum atomic E-state index is -0.243. The lowest BCUT2D eigenvalue weighted by molar-refractivity contribution is -0.140. The van der Waals surface area contributed by atoms with Gasteiger partial charge in [-0.2, -0.15) is 0 Å². The fraction of sp³-hybridized carbons (Fsp3) is 0.562. The molecule has 0 radical (unpaired) electrons. The first-order valence-corrected chi connectivity index (χ1v) is 8.52. The third kappa shape index (κ3) is 2.67. The van der Waals surface area contributed by atoms with Gasteiger partial charge in [0.15, 0.2) is 0 Å². The Balaban J connectivity index is 1.97. The summed E-state index contributed by atoms with van der Waals surface area (Å²) in [5.74, 6) is 0.480. The van der Waals surface area contributed by atoms with Crippen molar-refractivity contribution in [2.75, 3.05) is 7.11 Å². The Labute approximate surface area is 132 Å². The maximum absolute atomic E-state index is 12.8. The Morgan fingerprint density at radius 1 is 1.36 bits per heavy atom. The molecule has 1 aliphatic carbocycles. The van der Waals surface area contributed by atoms with E-state index in [0.717, 1.165) is 35.3 Å². The van der Waals surface area contributed by atoms with Gasteiger partial charge in [0, 0.05) is 17.8 Å². The molecule has 0 spiro atoms. The predicted molar refractivity (Wildman–Crippen MR) is 86.5 cm³/mol. The molecular weight excluding hydrogens is 300 g/mol. The molecule has 3 rings (SSSR count). The summed E-state index contributed by atoms with van der Waals surface area (Å²) in [5.41, 5.74) is 1.26. The average molecular weight is 320 g/mol. The van der Waals surface area contributed by atoms with E-state index >= 15 is 0 Å². The van der Waals surface area contributed by atoms with Crippen molar-refractivity contribution < 1.29 is 9.53 Å². The summed E-state index contributed by atoms with van der Waals surface area (Å²) in [6.07, 6.45) is 5.31. The van der Waals surface area contributed by atoms with Crippen molar-refractivity contribution in [2.45, 2.75) is 52.0 Å². The summed E-state index contributed by atoms with van der Waals surface area (Å²) in [7, 11) is 1.38. The van der Waals surface area contributed by atoms with E-state index in [1.165, 1.54) is 24.0 Å². The zero-order chi connectivity index (χ0) is 15.7. The highest BCUT2D eigenvalue weighted by atomic mass is 32.1. The van der Waals surface area contributed by atoms with Gasteiger partial charge in [-0.1, -0.05) is 0 Å². The van der Waals surface area contributed by atoms with Crippen LogP contribution < -0.4 is 5.56 Å². The van der Waals surface area contributed by atoms with Gasteiger partial charge in [0.05, 0.1) is 12.5 Å². The number of esters is 1. The van der Waals surface area contributed by atoms with Gasteiger partial charge in [0.1, 0.15) is 10.7 Å². The summed E-state index contributed by atoms with van der Waals surface area (Å²) < 4.78 is 6.34. The van der Waals surface area contributed by atoms with E-state index in [-0.39, 0.29) is 11.5 Å². The first-order chi connectivity index (χ1) is 10.6. The fourth-order valence-corrected chi connectivity index (χ4v) is 4.38. The molecule has 0 amide bonds. The summed E-state index contributed by atoms with van der Waals surface area (Å²) in [6, 6.07) is 0.